The monoisotopic (exact) mass is 327 g/mol. The summed E-state index contributed by atoms with van der Waals surface area (Å²) >= 11 is 0. The third-order valence-corrected chi connectivity index (χ3v) is 2.64. The van der Waals surface area contributed by atoms with E-state index in [2.05, 4.69) is 13.6 Å². The van der Waals surface area contributed by atoms with Crippen LogP contribution in [0.4, 0.5) is 4.79 Å². The van der Waals surface area contributed by atoms with Crippen LogP contribution in [0.3, 0.4) is 0 Å². The minimum atomic E-state index is -1.38. The topological polar surface area (TPSA) is 172 Å². The van der Waals surface area contributed by atoms with Crippen LogP contribution in [-0.4, -0.2) is 40.0 Å². The standard InChI is InChI=1S/C12H13N3O8/c1-6-9(23-12(20)22-6)5-21-11(19)15-8(10(17)18)3-2-7(16)4-14-13/h4,8H,2-3,5H2,1H3,(H,15,19)(H,17,18)/t8-/m0/s1. The van der Waals surface area contributed by atoms with E-state index < -0.39 is 36.3 Å². The van der Waals surface area contributed by atoms with Gasteiger partial charge >= 0.3 is 24.1 Å². The SMILES string of the molecule is Cc1oc(=O)oc1COC(=O)N[C@@H](CCC(=O)C=[N+]=[N-])C(=O)O. The molecule has 0 bridgehead atoms. The summed E-state index contributed by atoms with van der Waals surface area (Å²) in [6, 6.07) is -1.38. The predicted molar refractivity (Wildman–Crippen MR) is 70.6 cm³/mol. The molecule has 0 aromatic carbocycles. The van der Waals surface area contributed by atoms with Gasteiger partial charge in [0.25, 0.3) is 0 Å². The van der Waals surface area contributed by atoms with E-state index in [1.165, 1.54) is 6.92 Å². The predicted octanol–water partition coefficient (Wildman–Crippen LogP) is -0.129. The number of aliphatic carboxylic acids is 1. The Balaban J connectivity index is 2.52. The van der Waals surface area contributed by atoms with Crippen LogP contribution in [0.15, 0.2) is 13.6 Å². The van der Waals surface area contributed by atoms with Gasteiger partial charge in [0.2, 0.25) is 5.78 Å². The fourth-order valence-corrected chi connectivity index (χ4v) is 1.49. The van der Waals surface area contributed by atoms with E-state index in [0.29, 0.717) is 6.21 Å². The molecule has 1 atom stereocenters. The fourth-order valence-electron chi connectivity index (χ4n) is 1.49. The first-order valence-corrected chi connectivity index (χ1v) is 6.29. The molecule has 1 amide bonds. The molecule has 0 aliphatic heterocycles. The third kappa shape index (κ3) is 5.98. The number of hydrogen-bond acceptors (Lipinski definition) is 7. The summed E-state index contributed by atoms with van der Waals surface area (Å²) in [7, 11) is 0. The lowest BCUT2D eigenvalue weighted by Crippen LogP contribution is -2.41. The molecule has 1 aromatic heterocycles. The van der Waals surface area contributed by atoms with E-state index in [4.69, 9.17) is 15.4 Å². The zero-order valence-electron chi connectivity index (χ0n) is 12.0. The Hall–Kier alpha value is -3.20. The molecule has 0 fully saturated rings. The van der Waals surface area contributed by atoms with Crippen LogP contribution in [0.1, 0.15) is 24.4 Å². The smallest absolute Gasteiger partial charge is 0.480 e. The van der Waals surface area contributed by atoms with Crippen LogP contribution < -0.4 is 11.1 Å². The highest BCUT2D eigenvalue weighted by atomic mass is 16.6. The number of rotatable bonds is 8. The summed E-state index contributed by atoms with van der Waals surface area (Å²) < 4.78 is 13.9. The normalized spacial score (nSPS) is 11.2. The lowest BCUT2D eigenvalue weighted by Gasteiger charge is -2.13. The number of carbonyl (C=O) groups is 3. The number of carbonyl (C=O) groups excluding carboxylic acids is 2. The molecule has 0 aliphatic rings. The van der Waals surface area contributed by atoms with Crippen LogP contribution in [0.25, 0.3) is 5.53 Å². The van der Waals surface area contributed by atoms with Crippen molar-refractivity contribution in [3.8, 4) is 0 Å². The van der Waals surface area contributed by atoms with Crippen molar-refractivity contribution < 1.29 is 37.9 Å². The fraction of sp³-hybridized carbons (Fsp3) is 0.417. The number of ketones is 1. The summed E-state index contributed by atoms with van der Waals surface area (Å²) in [4.78, 5) is 46.9. The van der Waals surface area contributed by atoms with Crippen LogP contribution in [0, 0.1) is 6.92 Å². The van der Waals surface area contributed by atoms with Crippen molar-refractivity contribution >= 4 is 24.1 Å². The minimum absolute atomic E-state index is 0.00800. The minimum Gasteiger partial charge on any atom is -0.480 e. The maximum Gasteiger partial charge on any atom is 0.519 e. The van der Waals surface area contributed by atoms with E-state index in [0.717, 1.165) is 0 Å². The van der Waals surface area contributed by atoms with Gasteiger partial charge in [-0.25, -0.2) is 14.4 Å². The summed E-state index contributed by atoms with van der Waals surface area (Å²) in [6.07, 6.45) is -0.934. The number of nitrogens with zero attached hydrogens (tertiary/aromatic N) is 2. The Morgan fingerprint density at radius 1 is 1.43 bits per heavy atom. The molecule has 1 rings (SSSR count). The Morgan fingerprint density at radius 2 is 2.13 bits per heavy atom. The van der Waals surface area contributed by atoms with Gasteiger partial charge in [0, 0.05) is 6.42 Å². The molecule has 0 saturated heterocycles. The number of carboxylic acid groups (broad SMARTS) is 1. The molecular weight excluding hydrogens is 314 g/mol. The first-order valence-electron chi connectivity index (χ1n) is 6.29. The van der Waals surface area contributed by atoms with Crippen molar-refractivity contribution in [1.82, 2.24) is 5.32 Å². The number of aryl methyl sites for hydroxylation is 1. The van der Waals surface area contributed by atoms with Crippen molar-refractivity contribution in [1.29, 1.82) is 0 Å². The maximum absolute atomic E-state index is 11.5. The van der Waals surface area contributed by atoms with Gasteiger partial charge < -0.3 is 29.5 Å². The average Bonchev–Trinajstić information content (AvgIpc) is 2.79. The number of ether oxygens (including phenoxy) is 1. The highest BCUT2D eigenvalue weighted by molar-refractivity contribution is 6.25. The van der Waals surface area contributed by atoms with Crippen LogP contribution in [0.2, 0.25) is 0 Å². The molecule has 0 unspecified atom stereocenters. The van der Waals surface area contributed by atoms with E-state index in [-0.39, 0.29) is 24.4 Å². The summed E-state index contributed by atoms with van der Waals surface area (Å²) in [5.74, 6) is -2.81. The molecular formula is C12H13N3O8. The van der Waals surface area contributed by atoms with Gasteiger partial charge in [0.1, 0.15) is 6.04 Å². The van der Waals surface area contributed by atoms with Crippen LogP contribution in [0.5, 0.6) is 0 Å². The van der Waals surface area contributed by atoms with E-state index in [1.54, 1.807) is 0 Å². The molecule has 124 valence electrons. The lowest BCUT2D eigenvalue weighted by atomic mass is 10.1. The second kappa shape index (κ2) is 8.29. The largest absolute Gasteiger partial charge is 0.519 e. The van der Waals surface area contributed by atoms with E-state index in [1.807, 2.05) is 5.32 Å². The van der Waals surface area contributed by atoms with E-state index in [9.17, 15) is 19.2 Å². The van der Waals surface area contributed by atoms with Gasteiger partial charge in [-0.2, -0.15) is 4.79 Å². The number of hydrogen-bond donors (Lipinski definition) is 2. The number of nitrogens with one attached hydrogen (secondary N) is 1. The molecule has 11 heteroatoms. The number of alkyl carbamates (subject to hydrolysis) is 1. The zero-order chi connectivity index (χ0) is 17.4. The Kier molecular flexibility index (Phi) is 6.44. The molecule has 23 heavy (non-hydrogen) atoms. The van der Waals surface area contributed by atoms with E-state index >= 15 is 0 Å². The Labute approximate surface area is 128 Å². The molecule has 2 N–H and O–H groups in total. The Morgan fingerprint density at radius 3 is 2.65 bits per heavy atom. The second-order valence-electron chi connectivity index (χ2n) is 4.29. The highest BCUT2D eigenvalue weighted by Crippen LogP contribution is 2.07. The quantitative estimate of drug-likeness (QED) is 0.377. The molecule has 1 aromatic rings. The van der Waals surface area contributed by atoms with Crippen LogP contribution >= 0.6 is 0 Å². The number of amides is 1. The van der Waals surface area contributed by atoms with Crippen molar-refractivity contribution in [3.05, 3.63) is 27.7 Å². The van der Waals surface area contributed by atoms with Gasteiger partial charge in [-0.15, -0.1) is 0 Å². The number of Topliss-reactive ketones (excluding diaryl/α,β-unsaturated/α-hetero) is 1. The highest BCUT2D eigenvalue weighted by Gasteiger charge is 2.22. The average molecular weight is 327 g/mol. The van der Waals surface area contributed by atoms with Crippen molar-refractivity contribution in [2.45, 2.75) is 32.4 Å². The molecule has 11 nitrogen and oxygen atoms in total. The molecule has 1 heterocycles. The zero-order valence-corrected chi connectivity index (χ0v) is 12.0. The van der Waals surface area contributed by atoms with Gasteiger partial charge in [0.05, 0.1) is 0 Å². The van der Waals surface area contributed by atoms with Gasteiger partial charge in [-0.05, 0) is 13.3 Å². The summed E-state index contributed by atoms with van der Waals surface area (Å²) in [6.45, 7) is 1.00. The van der Waals surface area contributed by atoms with Crippen LogP contribution in [-0.2, 0) is 20.9 Å². The third-order valence-electron chi connectivity index (χ3n) is 2.64. The van der Waals surface area contributed by atoms with Crippen molar-refractivity contribution in [3.63, 3.8) is 0 Å². The van der Waals surface area contributed by atoms with Gasteiger partial charge in [-0.3, -0.25) is 4.79 Å². The van der Waals surface area contributed by atoms with Gasteiger partial charge in [0.15, 0.2) is 18.1 Å². The maximum atomic E-state index is 11.5. The molecule has 0 radical (unpaired) electrons. The molecule has 0 saturated carbocycles. The summed E-state index contributed by atoms with van der Waals surface area (Å²) in [5.41, 5.74) is 8.16. The summed E-state index contributed by atoms with van der Waals surface area (Å²) in [5, 5.41) is 11.0. The number of carboxylic acids is 1. The second-order valence-corrected chi connectivity index (χ2v) is 4.29. The first kappa shape index (κ1) is 17.9. The van der Waals surface area contributed by atoms with Crippen molar-refractivity contribution in [2.24, 2.45) is 0 Å². The van der Waals surface area contributed by atoms with Gasteiger partial charge in [-0.1, -0.05) is 0 Å². The first-order chi connectivity index (χ1) is 10.8. The van der Waals surface area contributed by atoms with Crippen molar-refractivity contribution in [2.75, 3.05) is 0 Å². The molecule has 0 spiro atoms. The lowest BCUT2D eigenvalue weighted by molar-refractivity contribution is -0.139. The molecule has 0 aliphatic carbocycles. The Bertz CT molecular complexity index is 697.